The quantitative estimate of drug-likeness (QED) is 0.453. The summed E-state index contributed by atoms with van der Waals surface area (Å²) in [6, 6.07) is 13.8. The van der Waals surface area contributed by atoms with E-state index in [1.165, 1.54) is 0 Å². The molecule has 168 valence electrons. The summed E-state index contributed by atoms with van der Waals surface area (Å²) in [6.45, 7) is 3.62. The van der Waals surface area contributed by atoms with Gasteiger partial charge in [0.05, 0.1) is 30.9 Å². The molecule has 11 nitrogen and oxygen atoms in total. The first kappa shape index (κ1) is 19.9. The number of amides is 1. The second-order valence-corrected chi connectivity index (χ2v) is 8.42. The fourth-order valence-electron chi connectivity index (χ4n) is 4.54. The van der Waals surface area contributed by atoms with Crippen LogP contribution in [0.2, 0.25) is 0 Å². The first-order valence-corrected chi connectivity index (χ1v) is 10.9. The van der Waals surface area contributed by atoms with E-state index in [0.717, 1.165) is 47.5 Å². The van der Waals surface area contributed by atoms with Crippen LogP contribution in [-0.4, -0.2) is 85.1 Å². The molecule has 33 heavy (non-hydrogen) atoms. The maximum absolute atomic E-state index is 12.9. The van der Waals surface area contributed by atoms with Crippen molar-refractivity contribution in [1.29, 1.82) is 0 Å². The lowest BCUT2D eigenvalue weighted by Gasteiger charge is -2.46. The SMILES string of the molecule is O=C(Cc1ccc(-n2cnnn2)cc1)N1CCN2CC(c3ccc4nonc4c3)OCC2C1. The lowest BCUT2D eigenvalue weighted by molar-refractivity contribution is -0.139. The Morgan fingerprint density at radius 3 is 2.76 bits per heavy atom. The van der Waals surface area contributed by atoms with Crippen LogP contribution in [0.3, 0.4) is 0 Å². The molecule has 1 amide bonds. The summed E-state index contributed by atoms with van der Waals surface area (Å²) in [6.07, 6.45) is 1.89. The van der Waals surface area contributed by atoms with Gasteiger partial charge in [0.25, 0.3) is 0 Å². The molecule has 2 aromatic carbocycles. The molecule has 2 fully saturated rings. The van der Waals surface area contributed by atoms with Crippen molar-refractivity contribution in [2.24, 2.45) is 0 Å². The van der Waals surface area contributed by atoms with Crippen LogP contribution in [0.1, 0.15) is 17.2 Å². The van der Waals surface area contributed by atoms with Crippen LogP contribution < -0.4 is 0 Å². The van der Waals surface area contributed by atoms with Gasteiger partial charge in [0.15, 0.2) is 0 Å². The molecule has 2 unspecified atom stereocenters. The average Bonchev–Trinajstić information content (AvgIpc) is 3.56. The van der Waals surface area contributed by atoms with Crippen molar-refractivity contribution in [2.45, 2.75) is 18.6 Å². The van der Waals surface area contributed by atoms with Crippen LogP contribution in [0.4, 0.5) is 0 Å². The number of fused-ring (bicyclic) bond motifs is 2. The number of carbonyl (C=O) groups excluding carboxylic acids is 1. The number of aromatic nitrogens is 6. The van der Waals surface area contributed by atoms with Crippen molar-refractivity contribution < 1.29 is 14.2 Å². The van der Waals surface area contributed by atoms with Crippen molar-refractivity contribution in [3.05, 3.63) is 59.9 Å². The number of hydrogen-bond acceptors (Lipinski definition) is 9. The van der Waals surface area contributed by atoms with Gasteiger partial charge in [-0.25, -0.2) is 9.31 Å². The van der Waals surface area contributed by atoms with Gasteiger partial charge in [-0.1, -0.05) is 18.2 Å². The molecule has 4 aromatic rings. The molecule has 4 heterocycles. The van der Waals surface area contributed by atoms with Crippen LogP contribution in [0.25, 0.3) is 16.7 Å². The van der Waals surface area contributed by atoms with E-state index in [0.29, 0.717) is 19.6 Å². The van der Waals surface area contributed by atoms with Crippen LogP contribution in [0.5, 0.6) is 0 Å². The van der Waals surface area contributed by atoms with Crippen molar-refractivity contribution in [3.8, 4) is 5.69 Å². The summed E-state index contributed by atoms with van der Waals surface area (Å²) in [7, 11) is 0. The summed E-state index contributed by atoms with van der Waals surface area (Å²) < 4.78 is 12.6. The first-order chi connectivity index (χ1) is 16.2. The third-order valence-corrected chi connectivity index (χ3v) is 6.40. The van der Waals surface area contributed by atoms with Gasteiger partial charge in [-0.2, -0.15) is 0 Å². The van der Waals surface area contributed by atoms with Crippen LogP contribution >= 0.6 is 0 Å². The molecule has 2 aliphatic rings. The number of piperazine rings is 1. The second kappa shape index (κ2) is 8.34. The molecule has 0 bridgehead atoms. The topological polar surface area (TPSA) is 115 Å². The molecule has 2 aliphatic heterocycles. The van der Waals surface area contributed by atoms with E-state index in [4.69, 9.17) is 9.37 Å². The zero-order valence-electron chi connectivity index (χ0n) is 17.8. The van der Waals surface area contributed by atoms with Gasteiger partial charge in [0, 0.05) is 26.2 Å². The first-order valence-electron chi connectivity index (χ1n) is 10.9. The van der Waals surface area contributed by atoms with Gasteiger partial charge in [0.2, 0.25) is 5.91 Å². The highest BCUT2D eigenvalue weighted by Gasteiger charge is 2.35. The molecule has 0 N–H and O–H groups in total. The van der Waals surface area contributed by atoms with Gasteiger partial charge < -0.3 is 9.64 Å². The zero-order chi connectivity index (χ0) is 22.2. The molecule has 2 saturated heterocycles. The van der Waals surface area contributed by atoms with Gasteiger partial charge in [-0.3, -0.25) is 9.69 Å². The molecule has 0 saturated carbocycles. The average molecular weight is 446 g/mol. The van der Waals surface area contributed by atoms with Crippen LogP contribution in [0.15, 0.2) is 53.4 Å². The predicted molar refractivity (Wildman–Crippen MR) is 115 cm³/mol. The number of benzene rings is 2. The maximum Gasteiger partial charge on any atom is 0.227 e. The minimum atomic E-state index is -0.0247. The summed E-state index contributed by atoms with van der Waals surface area (Å²) in [5.74, 6) is 0.135. The highest BCUT2D eigenvalue weighted by Crippen LogP contribution is 2.28. The third-order valence-electron chi connectivity index (χ3n) is 6.40. The van der Waals surface area contributed by atoms with Crippen molar-refractivity contribution in [1.82, 2.24) is 40.3 Å². The Labute approximate surface area is 188 Å². The molecular formula is C22H22N8O3. The molecule has 0 spiro atoms. The van der Waals surface area contributed by atoms with Gasteiger partial charge in [0.1, 0.15) is 17.4 Å². The summed E-state index contributed by atoms with van der Waals surface area (Å²) in [4.78, 5) is 17.3. The van der Waals surface area contributed by atoms with Gasteiger partial charge in [-0.15, -0.1) is 5.10 Å². The molecule has 6 rings (SSSR count). The number of ether oxygens (including phenoxy) is 1. The number of nitrogens with zero attached hydrogens (tertiary/aromatic N) is 8. The number of morpholine rings is 1. The van der Waals surface area contributed by atoms with Crippen molar-refractivity contribution >= 4 is 16.9 Å². The Hall–Kier alpha value is -3.70. The fraction of sp³-hybridized carbons (Fsp3) is 0.364. The summed E-state index contributed by atoms with van der Waals surface area (Å²) >= 11 is 0. The lowest BCUT2D eigenvalue weighted by atomic mass is 10.0. The Balaban J connectivity index is 1.06. The molecule has 11 heteroatoms. The molecule has 0 radical (unpaired) electrons. The predicted octanol–water partition coefficient (Wildman–Crippen LogP) is 1.03. The highest BCUT2D eigenvalue weighted by atomic mass is 16.6. The fourth-order valence-corrected chi connectivity index (χ4v) is 4.54. The van der Waals surface area contributed by atoms with E-state index < -0.39 is 0 Å². The van der Waals surface area contributed by atoms with E-state index in [1.54, 1.807) is 11.0 Å². The maximum atomic E-state index is 12.9. The monoisotopic (exact) mass is 446 g/mol. The van der Waals surface area contributed by atoms with Gasteiger partial charge >= 0.3 is 0 Å². The Morgan fingerprint density at radius 2 is 1.91 bits per heavy atom. The van der Waals surface area contributed by atoms with Crippen molar-refractivity contribution in [2.75, 3.05) is 32.8 Å². The second-order valence-electron chi connectivity index (χ2n) is 8.42. The largest absolute Gasteiger partial charge is 0.370 e. The molecular weight excluding hydrogens is 424 g/mol. The number of rotatable bonds is 4. The molecule has 0 aliphatic carbocycles. The standard InChI is InChI=1S/C22H22N8O3/c31-22(9-15-1-4-17(5-2-15)30-14-23-26-27-30)29-8-7-28-12-21(32-13-18(28)11-29)16-3-6-19-20(10-16)25-33-24-19/h1-6,10,14,18,21H,7-9,11-13H2. The highest BCUT2D eigenvalue weighted by molar-refractivity contribution is 5.79. The smallest absolute Gasteiger partial charge is 0.227 e. The minimum Gasteiger partial charge on any atom is -0.370 e. The molecule has 2 atom stereocenters. The zero-order valence-corrected chi connectivity index (χ0v) is 17.8. The van der Waals surface area contributed by atoms with Crippen LogP contribution in [-0.2, 0) is 16.0 Å². The van der Waals surface area contributed by atoms with E-state index in [1.807, 2.05) is 47.4 Å². The summed E-state index contributed by atoms with van der Waals surface area (Å²) in [5, 5.41) is 19.0. The normalized spacial score (nSPS) is 21.3. The Morgan fingerprint density at radius 1 is 1.03 bits per heavy atom. The molecule has 2 aromatic heterocycles. The number of tetrazole rings is 1. The van der Waals surface area contributed by atoms with E-state index in [-0.39, 0.29) is 18.1 Å². The van der Waals surface area contributed by atoms with Crippen LogP contribution in [0, 0.1) is 0 Å². The van der Waals surface area contributed by atoms with Crippen molar-refractivity contribution in [3.63, 3.8) is 0 Å². The number of hydrogen-bond donors (Lipinski definition) is 0. The number of carbonyl (C=O) groups is 1. The van der Waals surface area contributed by atoms with E-state index >= 15 is 0 Å². The van der Waals surface area contributed by atoms with E-state index in [2.05, 4.69) is 30.7 Å². The minimum absolute atomic E-state index is 0.0247. The Kier molecular flexibility index (Phi) is 5.04. The third kappa shape index (κ3) is 3.96. The lowest BCUT2D eigenvalue weighted by Crippen LogP contribution is -2.59. The Bertz CT molecular complexity index is 1260. The summed E-state index contributed by atoms with van der Waals surface area (Å²) in [5.41, 5.74) is 4.37. The van der Waals surface area contributed by atoms with Gasteiger partial charge in [-0.05, 0) is 56.1 Å². The van der Waals surface area contributed by atoms with E-state index in [9.17, 15) is 4.79 Å².